The molecule has 1 aromatic rings. The van der Waals surface area contributed by atoms with Crippen LogP contribution >= 0.6 is 0 Å². The van der Waals surface area contributed by atoms with Crippen molar-refractivity contribution in [1.29, 1.82) is 0 Å². The topological polar surface area (TPSA) is 86.3 Å². The van der Waals surface area contributed by atoms with Gasteiger partial charge >= 0.3 is 0 Å². The molecular weight excluding hydrogens is 170 g/mol. The van der Waals surface area contributed by atoms with Crippen molar-refractivity contribution in [1.82, 2.24) is 5.32 Å². The quantitative estimate of drug-likeness (QED) is 0.514. The molecule has 0 radical (unpaired) electrons. The summed E-state index contributed by atoms with van der Waals surface area (Å²) in [5, 5.41) is 2.17. The zero-order chi connectivity index (χ0) is 9.59. The molecule has 2 amide bonds. The molecule has 2 rings (SSSR count). The van der Waals surface area contributed by atoms with Gasteiger partial charge in [-0.1, -0.05) is 0 Å². The average Bonchev–Trinajstić information content (AvgIpc) is 2.27. The van der Waals surface area contributed by atoms with Gasteiger partial charge in [0.15, 0.2) is 0 Å². The highest BCUT2D eigenvalue weighted by atomic mass is 16.2. The van der Waals surface area contributed by atoms with Gasteiger partial charge in [0, 0.05) is 0 Å². The summed E-state index contributed by atoms with van der Waals surface area (Å²) in [6, 6.07) is 1.60. The van der Waals surface area contributed by atoms with Crippen molar-refractivity contribution in [3.8, 4) is 0 Å². The fraction of sp³-hybridized carbons (Fsp3) is 0.125. The van der Waals surface area contributed by atoms with Crippen LogP contribution in [0.25, 0.3) is 0 Å². The van der Waals surface area contributed by atoms with Gasteiger partial charge in [-0.05, 0) is 13.0 Å². The zero-order valence-corrected chi connectivity index (χ0v) is 6.97. The Balaban J connectivity index is 2.77. The van der Waals surface area contributed by atoms with Crippen molar-refractivity contribution >= 4 is 17.6 Å². The summed E-state index contributed by atoms with van der Waals surface area (Å²) in [6.45, 7) is 1.77. The lowest BCUT2D eigenvalue weighted by Gasteiger charge is -1.95. The van der Waals surface area contributed by atoms with Crippen LogP contribution in [0, 0.1) is 6.92 Å². The fourth-order valence-corrected chi connectivity index (χ4v) is 1.40. The van der Waals surface area contributed by atoms with Crippen molar-refractivity contribution in [3.05, 3.63) is 22.9 Å². The third-order valence-electron chi connectivity index (χ3n) is 1.93. The highest BCUT2D eigenvalue weighted by Crippen LogP contribution is 2.18. The normalized spacial score (nSPS) is 14.2. The number of nitrogen functional groups attached to an aromatic ring is 1. The molecule has 0 aromatic carbocycles. The molecular formula is C8H8N3O2+. The van der Waals surface area contributed by atoms with E-state index in [0.717, 1.165) is 5.69 Å². The lowest BCUT2D eigenvalue weighted by Crippen LogP contribution is -2.21. The van der Waals surface area contributed by atoms with Crippen LogP contribution in [0.3, 0.4) is 0 Å². The lowest BCUT2D eigenvalue weighted by molar-refractivity contribution is -0.370. The van der Waals surface area contributed by atoms with E-state index >= 15 is 0 Å². The molecule has 0 bridgehead atoms. The molecule has 2 heterocycles. The second-order valence-corrected chi connectivity index (χ2v) is 2.94. The first-order valence-corrected chi connectivity index (χ1v) is 3.77. The molecule has 4 N–H and O–H groups in total. The van der Waals surface area contributed by atoms with Crippen LogP contribution in [0.15, 0.2) is 6.07 Å². The molecule has 1 aliphatic rings. The van der Waals surface area contributed by atoms with Crippen LogP contribution in [-0.4, -0.2) is 11.8 Å². The minimum absolute atomic E-state index is 0.235. The second-order valence-electron chi connectivity index (χ2n) is 2.94. The Hall–Kier alpha value is -1.91. The summed E-state index contributed by atoms with van der Waals surface area (Å²) in [7, 11) is 0. The van der Waals surface area contributed by atoms with Gasteiger partial charge in [-0.15, -0.1) is 0 Å². The summed E-state index contributed by atoms with van der Waals surface area (Å²) < 4.78 is 0. The first-order valence-electron chi connectivity index (χ1n) is 3.77. The molecule has 66 valence electrons. The van der Waals surface area contributed by atoms with E-state index in [0.29, 0.717) is 5.56 Å². The largest absolute Gasteiger partial charge is 0.288 e. The van der Waals surface area contributed by atoms with Crippen LogP contribution in [0.1, 0.15) is 26.4 Å². The van der Waals surface area contributed by atoms with Gasteiger partial charge < -0.3 is 0 Å². The second kappa shape index (κ2) is 2.29. The Kier molecular flexibility index (Phi) is 1.36. The molecule has 0 fully saturated rings. The van der Waals surface area contributed by atoms with Crippen molar-refractivity contribution in [3.63, 3.8) is 0 Å². The molecule has 0 saturated carbocycles. The molecule has 5 nitrogen and oxygen atoms in total. The van der Waals surface area contributed by atoms with Crippen molar-refractivity contribution in [2.24, 2.45) is 0 Å². The van der Waals surface area contributed by atoms with Crippen LogP contribution in [0.4, 0.5) is 5.82 Å². The van der Waals surface area contributed by atoms with E-state index in [2.05, 4.69) is 10.3 Å². The molecule has 5 heteroatoms. The van der Waals surface area contributed by atoms with Gasteiger partial charge in [-0.2, -0.15) is 0 Å². The van der Waals surface area contributed by atoms with E-state index < -0.39 is 5.91 Å². The number of aromatic nitrogens is 1. The third kappa shape index (κ3) is 0.970. The summed E-state index contributed by atoms with van der Waals surface area (Å²) >= 11 is 0. The number of rotatable bonds is 0. The van der Waals surface area contributed by atoms with Crippen LogP contribution < -0.4 is 16.0 Å². The minimum Gasteiger partial charge on any atom is -0.288 e. The highest BCUT2D eigenvalue weighted by molar-refractivity contribution is 6.23. The molecule has 0 unspecified atom stereocenters. The number of carbonyl (C=O) groups excluding carboxylic acids is 2. The number of nitrogens with two attached hydrogens (primary N) is 1. The minimum atomic E-state index is -0.436. The average molecular weight is 178 g/mol. The van der Waals surface area contributed by atoms with Crippen LogP contribution in [-0.2, 0) is 0 Å². The summed E-state index contributed by atoms with van der Waals surface area (Å²) in [4.78, 5) is 25.1. The molecule has 1 aromatic heterocycles. The predicted octanol–water partition coefficient (Wildman–Crippen LogP) is -0.725. The Morgan fingerprint density at radius 1 is 1.38 bits per heavy atom. The Labute approximate surface area is 74.0 Å². The third-order valence-corrected chi connectivity index (χ3v) is 1.93. The number of imide groups is 1. The lowest BCUT2D eigenvalue weighted by atomic mass is 10.1. The fourth-order valence-electron chi connectivity index (χ4n) is 1.40. The Morgan fingerprint density at radius 2 is 2.08 bits per heavy atom. The predicted molar refractivity (Wildman–Crippen MR) is 43.9 cm³/mol. The van der Waals surface area contributed by atoms with Gasteiger partial charge in [0.05, 0.1) is 11.3 Å². The smallest absolute Gasteiger partial charge is 0.284 e. The first kappa shape index (κ1) is 7.72. The van der Waals surface area contributed by atoms with Crippen molar-refractivity contribution in [2.45, 2.75) is 6.92 Å². The molecule has 0 saturated heterocycles. The van der Waals surface area contributed by atoms with Gasteiger partial charge in [0.1, 0.15) is 5.56 Å². The standard InChI is InChI=1S/C8H7N3O2/c1-3-2-4-5(6(9)10-3)8(13)11-7(4)12/h2H,1H3,(H2,9,10)(H,11,12,13)/p+1. The number of nitrogens with one attached hydrogen (secondary N) is 2. The summed E-state index contributed by atoms with van der Waals surface area (Å²) in [5.74, 6) is -0.587. The van der Waals surface area contributed by atoms with Crippen LogP contribution in [0.2, 0.25) is 0 Å². The monoisotopic (exact) mass is 178 g/mol. The molecule has 0 atom stereocenters. The number of carbonyl (C=O) groups is 2. The van der Waals surface area contributed by atoms with Crippen molar-refractivity contribution < 1.29 is 14.6 Å². The van der Waals surface area contributed by atoms with Crippen molar-refractivity contribution in [2.75, 3.05) is 5.73 Å². The van der Waals surface area contributed by atoms with Gasteiger partial charge in [0.2, 0.25) is 0 Å². The molecule has 0 aliphatic carbocycles. The van der Waals surface area contributed by atoms with E-state index in [1.807, 2.05) is 0 Å². The SMILES string of the molecule is Cc1cc2c(c(N)[nH+]1)C(=O)NC2=O. The first-order chi connectivity index (χ1) is 6.09. The summed E-state index contributed by atoms with van der Waals surface area (Å²) in [6.07, 6.45) is 0. The van der Waals surface area contributed by atoms with E-state index in [-0.39, 0.29) is 17.3 Å². The number of fused-ring (bicyclic) bond motifs is 1. The van der Waals surface area contributed by atoms with Gasteiger partial charge in [0.25, 0.3) is 17.6 Å². The maximum atomic E-state index is 11.2. The number of amides is 2. The van der Waals surface area contributed by atoms with Gasteiger partial charge in [-0.25, -0.2) is 4.98 Å². The number of hydrogen-bond donors (Lipinski definition) is 2. The van der Waals surface area contributed by atoms with E-state index in [1.54, 1.807) is 13.0 Å². The highest BCUT2D eigenvalue weighted by Gasteiger charge is 2.32. The maximum absolute atomic E-state index is 11.2. The molecule has 13 heavy (non-hydrogen) atoms. The summed E-state index contributed by atoms with van der Waals surface area (Å²) in [5.41, 5.74) is 6.90. The van der Waals surface area contributed by atoms with E-state index in [1.165, 1.54) is 0 Å². The molecule has 1 aliphatic heterocycles. The number of H-pyrrole nitrogens is 1. The number of aryl methyl sites for hydroxylation is 1. The van der Waals surface area contributed by atoms with Gasteiger partial charge in [-0.3, -0.25) is 20.6 Å². The number of aromatic amines is 1. The van der Waals surface area contributed by atoms with E-state index in [4.69, 9.17) is 5.73 Å². The maximum Gasteiger partial charge on any atom is 0.284 e. The number of anilines is 1. The number of hydrogen-bond acceptors (Lipinski definition) is 3. The van der Waals surface area contributed by atoms with Crippen LogP contribution in [0.5, 0.6) is 0 Å². The van der Waals surface area contributed by atoms with E-state index in [9.17, 15) is 9.59 Å². The number of pyridine rings is 1. The molecule has 0 spiro atoms. The Morgan fingerprint density at radius 3 is 2.77 bits per heavy atom. The Bertz CT molecular complexity index is 426. The zero-order valence-electron chi connectivity index (χ0n) is 6.97.